The van der Waals surface area contributed by atoms with E-state index >= 15 is 0 Å². The monoisotopic (exact) mass is 431 g/mol. The van der Waals surface area contributed by atoms with Crippen LogP contribution in [0, 0.1) is 19.8 Å². The molecule has 8 nitrogen and oxygen atoms in total. The Balaban J connectivity index is 1.48. The van der Waals surface area contributed by atoms with E-state index in [0.717, 1.165) is 57.3 Å². The molecule has 3 rings (SSSR count). The van der Waals surface area contributed by atoms with Crippen molar-refractivity contribution in [3.63, 3.8) is 0 Å². The molecular weight excluding hydrogens is 394 g/mol. The summed E-state index contributed by atoms with van der Waals surface area (Å²) in [5, 5.41) is 7.45. The molecule has 8 heteroatoms. The molecule has 1 atom stereocenters. The third-order valence-electron chi connectivity index (χ3n) is 6.91. The van der Waals surface area contributed by atoms with Gasteiger partial charge in [-0.25, -0.2) is 0 Å². The quantitative estimate of drug-likeness (QED) is 0.696. The van der Waals surface area contributed by atoms with Gasteiger partial charge in [0.25, 0.3) is 0 Å². The fourth-order valence-corrected chi connectivity index (χ4v) is 5.09. The number of hydrogen-bond donors (Lipinski definition) is 1. The maximum absolute atomic E-state index is 13.0. The first-order valence-corrected chi connectivity index (χ1v) is 11.5. The van der Waals surface area contributed by atoms with Crippen molar-refractivity contribution in [1.82, 2.24) is 24.9 Å². The third-order valence-corrected chi connectivity index (χ3v) is 6.91. The molecule has 172 valence electrons. The predicted octanol–water partition coefficient (Wildman–Crippen LogP) is 1.93. The Bertz CT molecular complexity index is 823. The van der Waals surface area contributed by atoms with Gasteiger partial charge in [0.15, 0.2) is 5.78 Å². The smallest absolute Gasteiger partial charge is 0.241 e. The van der Waals surface area contributed by atoms with Crippen LogP contribution in [0.2, 0.25) is 0 Å². The summed E-state index contributed by atoms with van der Waals surface area (Å²) in [7, 11) is 4.17. The zero-order valence-corrected chi connectivity index (χ0v) is 19.6. The number of hydrogen-bond acceptors (Lipinski definition) is 5. The number of ketones is 1. The molecule has 2 fully saturated rings. The van der Waals surface area contributed by atoms with Gasteiger partial charge in [0.2, 0.25) is 11.8 Å². The standard InChI is InChI=1S/C23H37N5O3/c1-15-22(17(3)29)16(2)28(25-15)14-21(30)24-19-10-8-18(9-11-19)23(31)27-12-6-7-20(13-27)26(4)5/h18-20H,6-14H2,1-5H3,(H,24,30). The lowest BCUT2D eigenvalue weighted by atomic mass is 9.84. The summed E-state index contributed by atoms with van der Waals surface area (Å²) in [5.74, 6) is 0.231. The Kier molecular flexibility index (Phi) is 7.51. The molecule has 1 saturated heterocycles. The van der Waals surface area contributed by atoms with Crippen molar-refractivity contribution >= 4 is 17.6 Å². The Morgan fingerprint density at radius 2 is 1.77 bits per heavy atom. The summed E-state index contributed by atoms with van der Waals surface area (Å²) >= 11 is 0. The van der Waals surface area contributed by atoms with Gasteiger partial charge >= 0.3 is 0 Å². The van der Waals surface area contributed by atoms with E-state index in [1.54, 1.807) is 11.6 Å². The summed E-state index contributed by atoms with van der Waals surface area (Å²) in [6.07, 6.45) is 5.50. The first-order valence-electron chi connectivity index (χ1n) is 11.5. The van der Waals surface area contributed by atoms with Gasteiger partial charge in [-0.15, -0.1) is 0 Å². The molecule has 1 aromatic heterocycles. The average molecular weight is 432 g/mol. The van der Waals surface area contributed by atoms with Crippen LogP contribution in [0.4, 0.5) is 0 Å². The van der Waals surface area contributed by atoms with Gasteiger partial charge in [-0.1, -0.05) is 0 Å². The number of likely N-dealkylation sites (N-methyl/N-ethyl adjacent to an activating group) is 1. The normalized spacial score (nSPS) is 24.3. The first-order chi connectivity index (χ1) is 14.7. The summed E-state index contributed by atoms with van der Waals surface area (Å²) < 4.78 is 1.61. The molecular formula is C23H37N5O3. The Morgan fingerprint density at radius 1 is 1.10 bits per heavy atom. The van der Waals surface area contributed by atoms with Crippen molar-refractivity contribution in [1.29, 1.82) is 0 Å². The fourth-order valence-electron chi connectivity index (χ4n) is 5.09. The second-order valence-corrected chi connectivity index (χ2v) is 9.42. The average Bonchev–Trinajstić information content (AvgIpc) is 3.01. The van der Waals surface area contributed by atoms with E-state index in [1.165, 1.54) is 6.92 Å². The van der Waals surface area contributed by atoms with Gasteiger partial charge in [0, 0.05) is 36.8 Å². The van der Waals surface area contributed by atoms with Gasteiger partial charge in [0.05, 0.1) is 11.3 Å². The number of Topliss-reactive ketones (excluding diaryl/α,β-unsaturated/α-hetero) is 1. The number of nitrogens with one attached hydrogen (secondary N) is 1. The molecule has 1 aromatic rings. The van der Waals surface area contributed by atoms with Crippen LogP contribution < -0.4 is 5.32 Å². The van der Waals surface area contributed by atoms with Crippen molar-refractivity contribution in [2.45, 2.75) is 77.9 Å². The fraction of sp³-hybridized carbons (Fsp3) is 0.739. The minimum absolute atomic E-state index is 0.0322. The maximum Gasteiger partial charge on any atom is 0.241 e. The lowest BCUT2D eigenvalue weighted by Gasteiger charge is -2.39. The van der Waals surface area contributed by atoms with Gasteiger partial charge in [-0.05, 0) is 73.4 Å². The van der Waals surface area contributed by atoms with Crippen LogP contribution in [0.5, 0.6) is 0 Å². The topological polar surface area (TPSA) is 87.5 Å². The lowest BCUT2D eigenvalue weighted by Crippen LogP contribution is -2.50. The largest absolute Gasteiger partial charge is 0.352 e. The number of nitrogens with zero attached hydrogens (tertiary/aromatic N) is 4. The molecule has 0 spiro atoms. The van der Waals surface area contributed by atoms with Crippen LogP contribution in [0.25, 0.3) is 0 Å². The lowest BCUT2D eigenvalue weighted by molar-refractivity contribution is -0.138. The van der Waals surface area contributed by atoms with Crippen LogP contribution >= 0.6 is 0 Å². The first kappa shape index (κ1) is 23.4. The molecule has 1 aliphatic heterocycles. The van der Waals surface area contributed by atoms with Gasteiger partial charge in [-0.3, -0.25) is 19.1 Å². The third kappa shape index (κ3) is 5.53. The molecule has 0 aromatic carbocycles. The molecule has 1 unspecified atom stereocenters. The number of piperidine rings is 1. The van der Waals surface area contributed by atoms with E-state index in [-0.39, 0.29) is 36.1 Å². The SMILES string of the molecule is CC(=O)c1c(C)nn(CC(=O)NC2CCC(C(=O)N3CCCC(N(C)C)C3)CC2)c1C. The van der Waals surface area contributed by atoms with Crippen LogP contribution in [0.15, 0.2) is 0 Å². The highest BCUT2D eigenvalue weighted by molar-refractivity contribution is 5.96. The second kappa shape index (κ2) is 9.94. The molecule has 2 aliphatic rings. The van der Waals surface area contributed by atoms with Crippen LogP contribution in [0.3, 0.4) is 0 Å². The summed E-state index contributed by atoms with van der Waals surface area (Å²) in [6.45, 7) is 6.93. The predicted molar refractivity (Wildman–Crippen MR) is 119 cm³/mol. The molecule has 2 amide bonds. The van der Waals surface area contributed by atoms with E-state index in [2.05, 4.69) is 29.4 Å². The molecule has 1 saturated carbocycles. The van der Waals surface area contributed by atoms with E-state index < -0.39 is 0 Å². The molecule has 31 heavy (non-hydrogen) atoms. The van der Waals surface area contributed by atoms with Gasteiger partial charge in [-0.2, -0.15) is 5.10 Å². The van der Waals surface area contributed by atoms with Gasteiger partial charge < -0.3 is 15.1 Å². The van der Waals surface area contributed by atoms with Crippen molar-refractivity contribution in [3.8, 4) is 0 Å². The Morgan fingerprint density at radius 3 is 2.35 bits per heavy atom. The van der Waals surface area contributed by atoms with E-state index in [1.807, 2.05) is 11.8 Å². The Hall–Kier alpha value is -2.22. The zero-order chi connectivity index (χ0) is 22.7. The maximum atomic E-state index is 13.0. The van der Waals surface area contributed by atoms with E-state index in [9.17, 15) is 14.4 Å². The zero-order valence-electron chi connectivity index (χ0n) is 19.6. The van der Waals surface area contributed by atoms with E-state index in [0.29, 0.717) is 17.3 Å². The van der Waals surface area contributed by atoms with Crippen molar-refractivity contribution in [3.05, 3.63) is 17.0 Å². The minimum atomic E-state index is -0.0969. The number of amides is 2. The molecule has 2 heterocycles. The van der Waals surface area contributed by atoms with Crippen molar-refractivity contribution in [2.24, 2.45) is 5.92 Å². The summed E-state index contributed by atoms with van der Waals surface area (Å²) in [4.78, 5) is 41.6. The van der Waals surface area contributed by atoms with Crippen molar-refractivity contribution in [2.75, 3.05) is 27.2 Å². The number of aryl methyl sites for hydroxylation is 1. The number of aromatic nitrogens is 2. The number of likely N-dealkylation sites (tertiary alicyclic amines) is 1. The summed E-state index contributed by atoms with van der Waals surface area (Å²) in [6, 6.07) is 0.544. The molecule has 1 N–H and O–H groups in total. The number of rotatable bonds is 6. The molecule has 0 radical (unpaired) electrons. The number of carbonyl (C=O) groups is 3. The minimum Gasteiger partial charge on any atom is -0.352 e. The van der Waals surface area contributed by atoms with E-state index in [4.69, 9.17) is 0 Å². The van der Waals surface area contributed by atoms with Crippen LogP contribution in [-0.4, -0.2) is 76.4 Å². The van der Waals surface area contributed by atoms with Crippen LogP contribution in [-0.2, 0) is 16.1 Å². The molecule has 1 aliphatic carbocycles. The van der Waals surface area contributed by atoms with Crippen molar-refractivity contribution < 1.29 is 14.4 Å². The molecule has 0 bridgehead atoms. The van der Waals surface area contributed by atoms with Crippen LogP contribution in [0.1, 0.15) is 67.2 Å². The summed E-state index contributed by atoms with van der Waals surface area (Å²) in [5.41, 5.74) is 1.99. The highest BCUT2D eigenvalue weighted by atomic mass is 16.2. The van der Waals surface area contributed by atoms with Gasteiger partial charge in [0.1, 0.15) is 6.54 Å². The highest BCUT2D eigenvalue weighted by Crippen LogP contribution is 2.27. The number of carbonyl (C=O) groups excluding carboxylic acids is 3. The second-order valence-electron chi connectivity index (χ2n) is 9.42. The highest BCUT2D eigenvalue weighted by Gasteiger charge is 2.32. The Labute approximate surface area is 185 Å².